The average Bonchev–Trinajstić information content (AvgIpc) is 2.51. The summed E-state index contributed by atoms with van der Waals surface area (Å²) in [6.45, 7) is 2.77. The molecule has 2 aromatic rings. The second-order valence-corrected chi connectivity index (χ2v) is 5.97. The zero-order valence-corrected chi connectivity index (χ0v) is 14.1. The third kappa shape index (κ3) is 3.97. The largest absolute Gasteiger partial charge is 0.507 e. The molecule has 0 radical (unpaired) electrons. The third-order valence-electron chi connectivity index (χ3n) is 3.24. The number of carbonyl (C=O) groups is 1. The minimum Gasteiger partial charge on any atom is -0.507 e. The van der Waals surface area contributed by atoms with Crippen LogP contribution in [-0.2, 0) is 0 Å². The molecule has 3 nitrogen and oxygen atoms in total. The van der Waals surface area contributed by atoms with Crippen molar-refractivity contribution in [3.63, 3.8) is 0 Å². The standard InChI is InChI=1S/C17H18INO2/c1-2-3-11-19(14-7-5-4-6-8-14)17(21)13-9-10-15(18)16(20)12-13/h4-10,12,20H,2-3,11H2,1H3. The Morgan fingerprint density at radius 2 is 1.90 bits per heavy atom. The van der Waals surface area contributed by atoms with Gasteiger partial charge in [-0.05, 0) is 59.3 Å². The van der Waals surface area contributed by atoms with Crippen LogP contribution < -0.4 is 4.90 Å². The Balaban J connectivity index is 2.31. The van der Waals surface area contributed by atoms with Gasteiger partial charge in [-0.3, -0.25) is 4.79 Å². The van der Waals surface area contributed by atoms with Crippen molar-refractivity contribution < 1.29 is 9.90 Å². The molecule has 0 aromatic heterocycles. The smallest absolute Gasteiger partial charge is 0.258 e. The lowest BCUT2D eigenvalue weighted by Crippen LogP contribution is -2.31. The second kappa shape index (κ2) is 7.45. The fourth-order valence-corrected chi connectivity index (χ4v) is 2.41. The lowest BCUT2D eigenvalue weighted by molar-refractivity contribution is 0.0986. The van der Waals surface area contributed by atoms with E-state index < -0.39 is 0 Å². The van der Waals surface area contributed by atoms with E-state index in [1.165, 1.54) is 6.07 Å². The molecular weight excluding hydrogens is 377 g/mol. The van der Waals surface area contributed by atoms with Crippen LogP contribution in [0.3, 0.4) is 0 Å². The number of anilines is 1. The minimum absolute atomic E-state index is 0.0821. The number of amides is 1. The summed E-state index contributed by atoms with van der Waals surface area (Å²) in [6.07, 6.45) is 1.96. The van der Waals surface area contributed by atoms with E-state index in [4.69, 9.17) is 0 Å². The van der Waals surface area contributed by atoms with Crippen LogP contribution in [0.15, 0.2) is 48.5 Å². The Hall–Kier alpha value is -1.56. The lowest BCUT2D eigenvalue weighted by Gasteiger charge is -2.23. The third-order valence-corrected chi connectivity index (χ3v) is 4.15. The number of halogens is 1. The van der Waals surface area contributed by atoms with Gasteiger partial charge in [-0.1, -0.05) is 31.5 Å². The van der Waals surface area contributed by atoms with Gasteiger partial charge in [0.1, 0.15) is 5.75 Å². The van der Waals surface area contributed by atoms with Gasteiger partial charge in [0, 0.05) is 17.8 Å². The average molecular weight is 395 g/mol. The quantitative estimate of drug-likeness (QED) is 0.761. The van der Waals surface area contributed by atoms with Gasteiger partial charge in [0.05, 0.1) is 3.57 Å². The molecule has 4 heteroatoms. The van der Waals surface area contributed by atoms with Crippen molar-refractivity contribution in [2.75, 3.05) is 11.4 Å². The van der Waals surface area contributed by atoms with E-state index in [1.807, 2.05) is 52.9 Å². The Bertz CT molecular complexity index is 613. The number of carbonyl (C=O) groups excluding carboxylic acids is 1. The summed E-state index contributed by atoms with van der Waals surface area (Å²) >= 11 is 2.04. The van der Waals surface area contributed by atoms with Gasteiger partial charge in [0.2, 0.25) is 0 Å². The molecule has 0 atom stereocenters. The van der Waals surface area contributed by atoms with Crippen molar-refractivity contribution in [2.24, 2.45) is 0 Å². The van der Waals surface area contributed by atoms with Gasteiger partial charge in [-0.25, -0.2) is 0 Å². The molecule has 0 aliphatic carbocycles. The summed E-state index contributed by atoms with van der Waals surface area (Å²) in [7, 11) is 0. The summed E-state index contributed by atoms with van der Waals surface area (Å²) < 4.78 is 0.740. The highest BCUT2D eigenvalue weighted by atomic mass is 127. The first-order valence-electron chi connectivity index (χ1n) is 6.99. The fraction of sp³-hybridized carbons (Fsp3) is 0.235. The maximum Gasteiger partial charge on any atom is 0.258 e. The molecule has 1 amide bonds. The van der Waals surface area contributed by atoms with Gasteiger partial charge in [-0.2, -0.15) is 0 Å². The Morgan fingerprint density at radius 1 is 1.19 bits per heavy atom. The molecule has 2 aromatic carbocycles. The number of nitrogens with zero attached hydrogens (tertiary/aromatic N) is 1. The molecule has 110 valence electrons. The van der Waals surface area contributed by atoms with Gasteiger partial charge >= 0.3 is 0 Å². The number of aromatic hydroxyl groups is 1. The van der Waals surface area contributed by atoms with E-state index in [0.717, 1.165) is 22.1 Å². The Kier molecular flexibility index (Phi) is 5.61. The van der Waals surface area contributed by atoms with E-state index in [2.05, 4.69) is 6.92 Å². The number of phenolic OH excluding ortho intramolecular Hbond substituents is 1. The minimum atomic E-state index is -0.0821. The highest BCUT2D eigenvalue weighted by molar-refractivity contribution is 14.1. The van der Waals surface area contributed by atoms with Gasteiger partial charge < -0.3 is 10.0 Å². The number of unbranched alkanes of at least 4 members (excludes halogenated alkanes) is 1. The molecule has 0 spiro atoms. The van der Waals surface area contributed by atoms with Crippen LogP contribution in [0.1, 0.15) is 30.1 Å². The first kappa shape index (κ1) is 15.8. The Labute approximate surface area is 138 Å². The first-order chi connectivity index (χ1) is 10.1. The van der Waals surface area contributed by atoms with Crippen molar-refractivity contribution in [3.8, 4) is 5.75 Å². The summed E-state index contributed by atoms with van der Waals surface area (Å²) in [6, 6.07) is 14.7. The Morgan fingerprint density at radius 3 is 2.52 bits per heavy atom. The molecule has 21 heavy (non-hydrogen) atoms. The maximum absolute atomic E-state index is 12.7. The van der Waals surface area contributed by atoms with Crippen molar-refractivity contribution in [1.29, 1.82) is 0 Å². The second-order valence-electron chi connectivity index (χ2n) is 4.81. The van der Waals surface area contributed by atoms with Crippen LogP contribution in [0.5, 0.6) is 5.75 Å². The zero-order chi connectivity index (χ0) is 15.2. The number of benzene rings is 2. The molecule has 0 saturated carbocycles. The van der Waals surface area contributed by atoms with Crippen LogP contribution in [0.2, 0.25) is 0 Å². The van der Waals surface area contributed by atoms with Crippen molar-refractivity contribution >= 4 is 34.2 Å². The SMILES string of the molecule is CCCCN(C(=O)c1ccc(I)c(O)c1)c1ccccc1. The molecular formula is C17H18INO2. The molecule has 1 N–H and O–H groups in total. The molecule has 0 aliphatic heterocycles. The molecule has 2 rings (SSSR count). The van der Waals surface area contributed by atoms with Gasteiger partial charge in [-0.15, -0.1) is 0 Å². The molecule has 0 unspecified atom stereocenters. The highest BCUT2D eigenvalue weighted by Crippen LogP contribution is 2.23. The van der Waals surface area contributed by atoms with Crippen molar-refractivity contribution in [2.45, 2.75) is 19.8 Å². The summed E-state index contributed by atoms with van der Waals surface area (Å²) in [5, 5.41) is 9.80. The van der Waals surface area contributed by atoms with Gasteiger partial charge in [0.25, 0.3) is 5.91 Å². The van der Waals surface area contributed by atoms with Crippen molar-refractivity contribution in [3.05, 3.63) is 57.7 Å². The summed E-state index contributed by atoms with van der Waals surface area (Å²) in [5.74, 6) is 0.0614. The molecule has 0 saturated heterocycles. The van der Waals surface area contributed by atoms with Crippen LogP contribution in [-0.4, -0.2) is 17.6 Å². The predicted octanol–water partition coefficient (Wildman–Crippen LogP) is 4.44. The number of rotatable bonds is 5. The fourth-order valence-electron chi connectivity index (χ4n) is 2.07. The molecule has 0 bridgehead atoms. The zero-order valence-electron chi connectivity index (χ0n) is 11.9. The summed E-state index contributed by atoms with van der Waals surface area (Å²) in [4.78, 5) is 14.5. The van der Waals surface area contributed by atoms with Crippen LogP contribution in [0.4, 0.5) is 5.69 Å². The van der Waals surface area contributed by atoms with E-state index in [1.54, 1.807) is 17.0 Å². The molecule has 0 heterocycles. The number of hydrogen-bond donors (Lipinski definition) is 1. The van der Waals surface area contributed by atoms with Crippen molar-refractivity contribution in [1.82, 2.24) is 0 Å². The van der Waals surface area contributed by atoms with E-state index >= 15 is 0 Å². The van der Waals surface area contributed by atoms with Crippen LogP contribution in [0, 0.1) is 3.57 Å². The number of phenols is 1. The van der Waals surface area contributed by atoms with E-state index in [-0.39, 0.29) is 11.7 Å². The van der Waals surface area contributed by atoms with Crippen LogP contribution in [0.25, 0.3) is 0 Å². The maximum atomic E-state index is 12.7. The lowest BCUT2D eigenvalue weighted by atomic mass is 10.1. The normalized spacial score (nSPS) is 10.4. The highest BCUT2D eigenvalue weighted by Gasteiger charge is 2.18. The molecule has 0 aliphatic rings. The first-order valence-corrected chi connectivity index (χ1v) is 8.06. The van der Waals surface area contributed by atoms with Crippen LogP contribution >= 0.6 is 22.6 Å². The number of para-hydroxylation sites is 1. The predicted molar refractivity (Wildman–Crippen MR) is 93.9 cm³/mol. The topological polar surface area (TPSA) is 40.5 Å². The number of hydrogen-bond acceptors (Lipinski definition) is 2. The monoisotopic (exact) mass is 395 g/mol. The summed E-state index contributed by atoms with van der Waals surface area (Å²) in [5.41, 5.74) is 1.39. The van der Waals surface area contributed by atoms with Gasteiger partial charge in [0.15, 0.2) is 0 Å². The molecule has 0 fully saturated rings. The van der Waals surface area contributed by atoms with E-state index in [9.17, 15) is 9.90 Å². The van der Waals surface area contributed by atoms with E-state index in [0.29, 0.717) is 12.1 Å².